The molecular formula is C19H18F3NO3S. The fraction of sp³-hybridized carbons (Fsp3) is 0.263. The summed E-state index contributed by atoms with van der Waals surface area (Å²) in [6.45, 7) is 2.40. The predicted molar refractivity (Wildman–Crippen MR) is 95.1 cm³/mol. The molecular weight excluding hydrogens is 379 g/mol. The van der Waals surface area contributed by atoms with E-state index in [1.807, 2.05) is 6.92 Å². The van der Waals surface area contributed by atoms with Gasteiger partial charge in [-0.1, -0.05) is 35.9 Å². The third kappa shape index (κ3) is 4.77. The smallest absolute Gasteiger partial charge is 0.192 e. The van der Waals surface area contributed by atoms with Gasteiger partial charge in [0, 0.05) is 13.1 Å². The molecule has 0 aromatic heterocycles. The highest BCUT2D eigenvalue weighted by molar-refractivity contribution is 7.86. The summed E-state index contributed by atoms with van der Waals surface area (Å²) in [6.07, 6.45) is -2.14. The molecule has 0 bridgehead atoms. The Morgan fingerprint density at radius 1 is 1.00 bits per heavy atom. The number of benzene rings is 2. The summed E-state index contributed by atoms with van der Waals surface area (Å²) in [6, 6.07) is 11.3. The first-order valence-electron chi connectivity index (χ1n) is 8.28. The van der Waals surface area contributed by atoms with E-state index < -0.39 is 21.9 Å². The van der Waals surface area contributed by atoms with Crippen LogP contribution in [0.25, 0.3) is 5.57 Å². The van der Waals surface area contributed by atoms with E-state index in [2.05, 4.69) is 0 Å². The van der Waals surface area contributed by atoms with Crippen molar-refractivity contribution in [1.82, 2.24) is 5.06 Å². The molecule has 2 aromatic rings. The Morgan fingerprint density at radius 3 is 2.15 bits per heavy atom. The lowest BCUT2D eigenvalue weighted by Gasteiger charge is -2.25. The van der Waals surface area contributed by atoms with E-state index in [-0.39, 0.29) is 11.4 Å². The van der Waals surface area contributed by atoms with Crippen LogP contribution in [-0.4, -0.2) is 26.6 Å². The molecule has 3 rings (SSSR count). The van der Waals surface area contributed by atoms with E-state index in [4.69, 9.17) is 4.28 Å². The van der Waals surface area contributed by atoms with Crippen LogP contribution < -0.4 is 0 Å². The van der Waals surface area contributed by atoms with Gasteiger partial charge in [0.2, 0.25) is 0 Å². The lowest BCUT2D eigenvalue weighted by molar-refractivity contribution is -0.137. The second kappa shape index (κ2) is 7.46. The van der Waals surface area contributed by atoms with Crippen molar-refractivity contribution >= 4 is 15.7 Å². The second-order valence-electron chi connectivity index (χ2n) is 6.28. The lowest BCUT2D eigenvalue weighted by Crippen LogP contribution is -2.31. The fourth-order valence-electron chi connectivity index (χ4n) is 2.74. The SMILES string of the molecule is Cc1ccc(S(=O)(=O)ON2CC=C(c3ccc(C(F)(F)F)cc3)CC2)cc1. The molecule has 0 amide bonds. The molecule has 1 aliphatic rings. The monoisotopic (exact) mass is 397 g/mol. The van der Waals surface area contributed by atoms with Gasteiger partial charge in [-0.3, -0.25) is 0 Å². The maximum atomic E-state index is 12.6. The molecule has 0 fully saturated rings. The molecule has 0 radical (unpaired) electrons. The summed E-state index contributed by atoms with van der Waals surface area (Å²) in [7, 11) is -3.91. The highest BCUT2D eigenvalue weighted by atomic mass is 32.2. The molecule has 0 saturated heterocycles. The zero-order valence-corrected chi connectivity index (χ0v) is 15.3. The van der Waals surface area contributed by atoms with Crippen molar-refractivity contribution in [3.63, 3.8) is 0 Å². The average molecular weight is 397 g/mol. The van der Waals surface area contributed by atoms with Gasteiger partial charge in [0.05, 0.1) is 10.5 Å². The lowest BCUT2D eigenvalue weighted by atomic mass is 9.99. The zero-order valence-electron chi connectivity index (χ0n) is 14.5. The predicted octanol–water partition coefficient (Wildman–Crippen LogP) is 4.42. The molecule has 2 aromatic carbocycles. The van der Waals surface area contributed by atoms with E-state index in [1.54, 1.807) is 18.2 Å². The van der Waals surface area contributed by atoms with Crippen LogP contribution in [0.2, 0.25) is 0 Å². The van der Waals surface area contributed by atoms with Crippen LogP contribution >= 0.6 is 0 Å². The second-order valence-corrected chi connectivity index (χ2v) is 7.81. The maximum Gasteiger partial charge on any atom is 0.416 e. The molecule has 8 heteroatoms. The van der Waals surface area contributed by atoms with Crippen LogP contribution in [0.15, 0.2) is 59.5 Å². The topological polar surface area (TPSA) is 46.6 Å². The number of hydroxylamine groups is 2. The van der Waals surface area contributed by atoms with Gasteiger partial charge in [-0.05, 0) is 48.7 Å². The molecule has 0 spiro atoms. The van der Waals surface area contributed by atoms with Gasteiger partial charge in [-0.25, -0.2) is 0 Å². The van der Waals surface area contributed by atoms with Crippen molar-refractivity contribution in [2.24, 2.45) is 0 Å². The number of rotatable bonds is 4. The van der Waals surface area contributed by atoms with E-state index in [9.17, 15) is 21.6 Å². The Kier molecular flexibility index (Phi) is 5.41. The first-order valence-corrected chi connectivity index (χ1v) is 9.69. The number of alkyl halides is 3. The molecule has 0 saturated carbocycles. The first-order chi connectivity index (χ1) is 12.6. The average Bonchev–Trinajstić information content (AvgIpc) is 2.62. The normalized spacial score (nSPS) is 16.2. The third-order valence-electron chi connectivity index (χ3n) is 4.27. The molecule has 1 aliphatic heterocycles. The minimum absolute atomic E-state index is 0.0746. The van der Waals surface area contributed by atoms with Crippen LogP contribution in [0.4, 0.5) is 13.2 Å². The van der Waals surface area contributed by atoms with Crippen LogP contribution in [0.1, 0.15) is 23.1 Å². The summed E-state index contributed by atoms with van der Waals surface area (Å²) in [5.74, 6) is 0. The molecule has 0 N–H and O–H groups in total. The Labute approximate surface area is 156 Å². The van der Waals surface area contributed by atoms with E-state index in [0.29, 0.717) is 18.5 Å². The number of hydrogen-bond donors (Lipinski definition) is 0. The number of aryl methyl sites for hydroxylation is 1. The van der Waals surface area contributed by atoms with Crippen molar-refractivity contribution in [2.45, 2.75) is 24.4 Å². The molecule has 0 atom stereocenters. The van der Waals surface area contributed by atoms with Gasteiger partial charge in [-0.2, -0.15) is 30.9 Å². The Morgan fingerprint density at radius 2 is 1.63 bits per heavy atom. The number of hydrogen-bond acceptors (Lipinski definition) is 4. The van der Waals surface area contributed by atoms with Crippen LogP contribution in [0.3, 0.4) is 0 Å². The summed E-state index contributed by atoms with van der Waals surface area (Å²) < 4.78 is 67.7. The van der Waals surface area contributed by atoms with Gasteiger partial charge < -0.3 is 0 Å². The van der Waals surface area contributed by atoms with E-state index in [0.717, 1.165) is 23.3 Å². The summed E-state index contributed by atoms with van der Waals surface area (Å²) in [4.78, 5) is 0.0746. The summed E-state index contributed by atoms with van der Waals surface area (Å²) >= 11 is 0. The van der Waals surface area contributed by atoms with Crippen molar-refractivity contribution in [3.05, 3.63) is 71.3 Å². The van der Waals surface area contributed by atoms with Crippen molar-refractivity contribution in [1.29, 1.82) is 0 Å². The van der Waals surface area contributed by atoms with Gasteiger partial charge in [0.25, 0.3) is 0 Å². The first kappa shape index (κ1) is 19.6. The Bertz CT molecular complexity index is 934. The van der Waals surface area contributed by atoms with Gasteiger partial charge in [0.15, 0.2) is 0 Å². The quantitative estimate of drug-likeness (QED) is 0.766. The van der Waals surface area contributed by atoms with Gasteiger partial charge in [0.1, 0.15) is 0 Å². The summed E-state index contributed by atoms with van der Waals surface area (Å²) in [5.41, 5.74) is 1.79. The Hall–Kier alpha value is -2.16. The molecule has 144 valence electrons. The van der Waals surface area contributed by atoms with Crippen molar-refractivity contribution < 1.29 is 25.9 Å². The zero-order chi connectivity index (χ0) is 19.7. The minimum atomic E-state index is -4.37. The number of nitrogens with zero attached hydrogens (tertiary/aromatic N) is 1. The molecule has 1 heterocycles. The molecule has 27 heavy (non-hydrogen) atoms. The van der Waals surface area contributed by atoms with Crippen molar-refractivity contribution in [2.75, 3.05) is 13.1 Å². The van der Waals surface area contributed by atoms with Gasteiger partial charge >= 0.3 is 16.3 Å². The van der Waals surface area contributed by atoms with Gasteiger partial charge in [-0.15, -0.1) is 0 Å². The standard InChI is InChI=1S/C19H18F3NO3S/c1-14-2-8-18(9-3-14)27(24,25)26-23-12-10-16(11-13-23)15-4-6-17(7-5-15)19(20,21)22/h2-10H,11-13H2,1H3. The highest BCUT2D eigenvalue weighted by Crippen LogP contribution is 2.31. The van der Waals surface area contributed by atoms with E-state index >= 15 is 0 Å². The van der Waals surface area contributed by atoms with E-state index in [1.165, 1.54) is 29.3 Å². The minimum Gasteiger partial charge on any atom is -0.192 e. The van der Waals surface area contributed by atoms with Crippen LogP contribution in [0.5, 0.6) is 0 Å². The van der Waals surface area contributed by atoms with Crippen LogP contribution in [-0.2, 0) is 20.6 Å². The maximum absolute atomic E-state index is 12.6. The summed E-state index contributed by atoms with van der Waals surface area (Å²) in [5, 5.41) is 1.32. The molecule has 0 unspecified atom stereocenters. The number of halogens is 3. The van der Waals surface area contributed by atoms with Crippen molar-refractivity contribution in [3.8, 4) is 0 Å². The molecule has 0 aliphatic carbocycles. The molecule has 4 nitrogen and oxygen atoms in total. The third-order valence-corrected chi connectivity index (χ3v) is 5.52. The fourth-order valence-corrected chi connectivity index (χ4v) is 3.71. The largest absolute Gasteiger partial charge is 0.416 e. The Balaban J connectivity index is 1.67. The highest BCUT2D eigenvalue weighted by Gasteiger charge is 2.30. The van der Waals surface area contributed by atoms with Crippen LogP contribution in [0, 0.1) is 6.92 Å².